The van der Waals surface area contributed by atoms with Crippen LogP contribution in [0.3, 0.4) is 0 Å². The van der Waals surface area contributed by atoms with Gasteiger partial charge in [0.05, 0.1) is 16.3 Å². The molecule has 0 saturated carbocycles. The Morgan fingerprint density at radius 2 is 1.24 bits per heavy atom. The zero-order valence-corrected chi connectivity index (χ0v) is 19.8. The molecule has 4 rings (SSSR count). The number of aromatic nitrogens is 2. The maximum atomic E-state index is 13.7. The van der Waals surface area contributed by atoms with Gasteiger partial charge in [-0.3, -0.25) is 9.97 Å². The Hall–Kier alpha value is -3.17. The molecule has 2 N–H and O–H groups in total. The van der Waals surface area contributed by atoms with Crippen LogP contribution in [0.25, 0.3) is 10.8 Å². The van der Waals surface area contributed by atoms with Gasteiger partial charge in [-0.05, 0) is 35.7 Å². The van der Waals surface area contributed by atoms with E-state index < -0.39 is 10.0 Å². The second-order valence-electron chi connectivity index (χ2n) is 7.88. The molecule has 0 amide bonds. The summed E-state index contributed by atoms with van der Waals surface area (Å²) in [6.07, 6.45) is 3.50. The van der Waals surface area contributed by atoms with Crippen molar-refractivity contribution in [3.8, 4) is 0 Å². The van der Waals surface area contributed by atoms with Gasteiger partial charge < -0.3 is 10.6 Å². The molecule has 2 aromatic carbocycles. The number of nitrogens with one attached hydrogen (secondary N) is 2. The van der Waals surface area contributed by atoms with Gasteiger partial charge in [0.1, 0.15) is 0 Å². The number of fused-ring (bicyclic) bond motifs is 1. The van der Waals surface area contributed by atoms with Crippen LogP contribution in [0.5, 0.6) is 0 Å². The minimum Gasteiger partial charge on any atom is -0.310 e. The monoisotopic (exact) mass is 475 g/mol. The molecule has 2 heterocycles. The number of nitrogens with zero attached hydrogens (tertiary/aromatic N) is 3. The first kappa shape index (κ1) is 24.0. The minimum absolute atomic E-state index is 0.333. The van der Waals surface area contributed by atoms with Crippen LogP contribution in [0.1, 0.15) is 11.4 Å². The van der Waals surface area contributed by atoms with Crippen molar-refractivity contribution >= 4 is 20.8 Å². The summed E-state index contributed by atoms with van der Waals surface area (Å²) in [7, 11) is -3.70. The van der Waals surface area contributed by atoms with E-state index in [-0.39, 0.29) is 0 Å². The van der Waals surface area contributed by atoms with Crippen molar-refractivity contribution in [2.75, 3.05) is 26.2 Å². The summed E-state index contributed by atoms with van der Waals surface area (Å²) in [4.78, 5) is 8.94. The van der Waals surface area contributed by atoms with Crippen molar-refractivity contribution in [3.05, 3.63) is 103 Å². The molecule has 0 fully saturated rings. The summed E-state index contributed by atoms with van der Waals surface area (Å²) in [6, 6.07) is 24.5. The molecule has 0 unspecified atom stereocenters. The van der Waals surface area contributed by atoms with Crippen molar-refractivity contribution in [1.29, 1.82) is 0 Å². The van der Waals surface area contributed by atoms with E-state index in [1.807, 2.05) is 66.7 Å². The van der Waals surface area contributed by atoms with E-state index >= 15 is 0 Å². The lowest BCUT2D eigenvalue weighted by atomic mass is 10.1. The molecule has 8 heteroatoms. The summed E-state index contributed by atoms with van der Waals surface area (Å²) >= 11 is 0. The molecule has 34 heavy (non-hydrogen) atoms. The Morgan fingerprint density at radius 3 is 1.82 bits per heavy atom. The van der Waals surface area contributed by atoms with E-state index in [2.05, 4.69) is 20.6 Å². The van der Waals surface area contributed by atoms with Gasteiger partial charge in [0.15, 0.2) is 0 Å². The number of hydrogen-bond donors (Lipinski definition) is 2. The Labute approximate surface area is 200 Å². The van der Waals surface area contributed by atoms with Crippen LogP contribution in [-0.2, 0) is 23.1 Å². The quantitative estimate of drug-likeness (QED) is 0.306. The molecule has 0 aliphatic rings. The highest BCUT2D eigenvalue weighted by Gasteiger charge is 2.25. The number of sulfonamides is 1. The molecule has 7 nitrogen and oxygen atoms in total. The molecule has 0 radical (unpaired) electrons. The molecule has 0 spiro atoms. The summed E-state index contributed by atoms with van der Waals surface area (Å²) in [6.45, 7) is 2.90. The summed E-state index contributed by atoms with van der Waals surface area (Å²) in [5, 5.41) is 8.26. The van der Waals surface area contributed by atoms with Crippen molar-refractivity contribution in [2.45, 2.75) is 18.0 Å². The van der Waals surface area contributed by atoms with Gasteiger partial charge in [-0.15, -0.1) is 0 Å². The lowest BCUT2D eigenvalue weighted by Gasteiger charge is -2.23. The Kier molecular flexibility index (Phi) is 8.32. The molecule has 0 atom stereocenters. The second kappa shape index (κ2) is 11.8. The average molecular weight is 476 g/mol. The Morgan fingerprint density at radius 1 is 0.676 bits per heavy atom. The number of benzene rings is 2. The van der Waals surface area contributed by atoms with Gasteiger partial charge in [0.25, 0.3) is 0 Å². The van der Waals surface area contributed by atoms with E-state index in [9.17, 15) is 8.42 Å². The molecular formula is C26H29N5O2S. The summed E-state index contributed by atoms with van der Waals surface area (Å²) in [5.74, 6) is 0. The highest BCUT2D eigenvalue weighted by molar-refractivity contribution is 7.89. The molecule has 0 aliphatic heterocycles. The molecular weight excluding hydrogens is 446 g/mol. The fourth-order valence-electron chi connectivity index (χ4n) is 3.76. The maximum Gasteiger partial charge on any atom is 0.243 e. The van der Waals surface area contributed by atoms with Crippen LogP contribution in [0, 0.1) is 0 Å². The SMILES string of the molecule is O=S(=O)(c1cccc2ccccc12)N(CCNCc1ccccn1)CCNCc1ccccn1. The third-order valence-electron chi connectivity index (χ3n) is 5.51. The largest absolute Gasteiger partial charge is 0.310 e. The molecule has 4 aromatic rings. The zero-order valence-electron chi connectivity index (χ0n) is 19.0. The minimum atomic E-state index is -3.70. The third kappa shape index (κ3) is 6.24. The lowest BCUT2D eigenvalue weighted by Crippen LogP contribution is -2.40. The van der Waals surface area contributed by atoms with Crippen molar-refractivity contribution in [2.24, 2.45) is 0 Å². The van der Waals surface area contributed by atoms with Gasteiger partial charge in [0, 0.05) is 57.0 Å². The summed E-state index contributed by atoms with van der Waals surface area (Å²) in [5.41, 5.74) is 1.84. The zero-order chi connectivity index (χ0) is 23.6. The standard InChI is InChI=1S/C26H29N5O2S/c32-34(33,26-13-7-9-22-8-1-2-12-25(22)26)31(18-16-27-20-23-10-3-5-14-29-23)19-17-28-21-24-11-4-6-15-30-24/h1-15,27-28H,16-21H2. The highest BCUT2D eigenvalue weighted by atomic mass is 32.2. The van der Waals surface area contributed by atoms with Crippen LogP contribution in [0.15, 0.2) is 96.2 Å². The molecule has 0 aliphatic carbocycles. The fraction of sp³-hybridized carbons (Fsp3) is 0.231. The molecule has 0 bridgehead atoms. The van der Waals surface area contributed by atoms with Gasteiger partial charge in [-0.2, -0.15) is 4.31 Å². The van der Waals surface area contributed by atoms with Gasteiger partial charge in [-0.25, -0.2) is 8.42 Å². The Balaban J connectivity index is 1.45. The van der Waals surface area contributed by atoms with Crippen LogP contribution >= 0.6 is 0 Å². The first-order valence-electron chi connectivity index (χ1n) is 11.3. The van der Waals surface area contributed by atoms with Crippen LogP contribution in [0.4, 0.5) is 0 Å². The highest BCUT2D eigenvalue weighted by Crippen LogP contribution is 2.25. The van der Waals surface area contributed by atoms with Crippen LogP contribution < -0.4 is 10.6 Å². The molecule has 176 valence electrons. The van der Waals surface area contributed by atoms with E-state index in [0.717, 1.165) is 22.2 Å². The van der Waals surface area contributed by atoms with Crippen LogP contribution in [-0.4, -0.2) is 48.9 Å². The maximum absolute atomic E-state index is 13.7. The number of rotatable bonds is 12. The normalized spacial score (nSPS) is 11.8. The fourth-order valence-corrected chi connectivity index (χ4v) is 5.41. The van der Waals surface area contributed by atoms with Crippen LogP contribution in [0.2, 0.25) is 0 Å². The lowest BCUT2D eigenvalue weighted by molar-refractivity contribution is 0.397. The summed E-state index contributed by atoms with van der Waals surface area (Å²) < 4.78 is 29.0. The van der Waals surface area contributed by atoms with Crippen molar-refractivity contribution < 1.29 is 8.42 Å². The van der Waals surface area contributed by atoms with E-state index in [0.29, 0.717) is 44.2 Å². The first-order valence-corrected chi connectivity index (χ1v) is 12.8. The van der Waals surface area contributed by atoms with E-state index in [1.54, 1.807) is 28.8 Å². The van der Waals surface area contributed by atoms with Gasteiger partial charge in [0.2, 0.25) is 10.0 Å². The molecule has 0 saturated heterocycles. The van der Waals surface area contributed by atoms with Gasteiger partial charge in [-0.1, -0.05) is 48.5 Å². The predicted octanol–water partition coefficient (Wildman–Crippen LogP) is 3.20. The number of pyridine rings is 2. The van der Waals surface area contributed by atoms with Crippen molar-refractivity contribution in [1.82, 2.24) is 24.9 Å². The third-order valence-corrected chi connectivity index (χ3v) is 7.46. The Bertz CT molecular complexity index is 1230. The number of hydrogen-bond acceptors (Lipinski definition) is 6. The smallest absolute Gasteiger partial charge is 0.243 e. The predicted molar refractivity (Wildman–Crippen MR) is 135 cm³/mol. The topological polar surface area (TPSA) is 87.2 Å². The first-order chi connectivity index (χ1) is 16.6. The van der Waals surface area contributed by atoms with E-state index in [1.165, 1.54) is 0 Å². The molecule has 2 aromatic heterocycles. The second-order valence-corrected chi connectivity index (χ2v) is 9.78. The van der Waals surface area contributed by atoms with Gasteiger partial charge >= 0.3 is 0 Å². The average Bonchev–Trinajstić information content (AvgIpc) is 2.88. The van der Waals surface area contributed by atoms with Crippen molar-refractivity contribution in [3.63, 3.8) is 0 Å². The van der Waals surface area contributed by atoms with E-state index in [4.69, 9.17) is 0 Å².